The Kier molecular flexibility index (Phi) is 6.35. The van der Waals surface area contributed by atoms with Crippen molar-refractivity contribution in [2.75, 3.05) is 13.1 Å². The number of nitrogens with zero attached hydrogens (tertiary/aromatic N) is 1. The summed E-state index contributed by atoms with van der Waals surface area (Å²) in [6, 6.07) is 1.61. The fourth-order valence-electron chi connectivity index (χ4n) is 4.43. The van der Waals surface area contributed by atoms with Crippen molar-refractivity contribution < 1.29 is 0 Å². The van der Waals surface area contributed by atoms with Crippen LogP contribution in [0.3, 0.4) is 0 Å². The summed E-state index contributed by atoms with van der Waals surface area (Å²) in [6.07, 6.45) is 13.9. The maximum absolute atomic E-state index is 3.94. The summed E-state index contributed by atoms with van der Waals surface area (Å²) in [6.45, 7) is 9.60. The average molecular weight is 280 g/mol. The molecule has 1 saturated heterocycles. The predicted molar refractivity (Wildman–Crippen MR) is 88.2 cm³/mol. The summed E-state index contributed by atoms with van der Waals surface area (Å²) in [5.41, 5.74) is 0.476. The van der Waals surface area contributed by atoms with Crippen molar-refractivity contribution in [2.24, 2.45) is 0 Å². The molecule has 1 N–H and O–H groups in total. The lowest BCUT2D eigenvalue weighted by atomic mass is 9.89. The third-order valence-electron chi connectivity index (χ3n) is 5.68. The first kappa shape index (κ1) is 16.3. The fourth-order valence-corrected chi connectivity index (χ4v) is 4.43. The van der Waals surface area contributed by atoms with Crippen LogP contribution in [0.1, 0.15) is 85.0 Å². The highest BCUT2D eigenvalue weighted by atomic mass is 15.3. The van der Waals surface area contributed by atoms with E-state index in [0.29, 0.717) is 5.54 Å². The Bertz CT molecular complexity index is 271. The fraction of sp³-hybridized carbons (Fsp3) is 1.00. The highest BCUT2D eigenvalue weighted by Crippen LogP contribution is 2.35. The molecular formula is C18H36N2. The van der Waals surface area contributed by atoms with Crippen LogP contribution in [0.25, 0.3) is 0 Å². The van der Waals surface area contributed by atoms with Gasteiger partial charge in [0, 0.05) is 30.7 Å². The van der Waals surface area contributed by atoms with Gasteiger partial charge in [0.2, 0.25) is 0 Å². The Morgan fingerprint density at radius 2 is 1.85 bits per heavy atom. The monoisotopic (exact) mass is 280 g/mol. The second kappa shape index (κ2) is 7.79. The molecule has 2 aliphatic rings. The van der Waals surface area contributed by atoms with Gasteiger partial charge >= 0.3 is 0 Å². The molecule has 2 heteroatoms. The first-order valence-corrected chi connectivity index (χ1v) is 9.25. The summed E-state index contributed by atoms with van der Waals surface area (Å²) in [7, 11) is 0. The van der Waals surface area contributed by atoms with E-state index in [9.17, 15) is 0 Å². The normalized spacial score (nSPS) is 28.1. The van der Waals surface area contributed by atoms with Crippen LogP contribution in [0.15, 0.2) is 0 Å². The molecule has 0 bridgehead atoms. The Labute approximate surface area is 126 Å². The second-order valence-corrected chi connectivity index (χ2v) is 7.19. The molecule has 0 amide bonds. The summed E-state index contributed by atoms with van der Waals surface area (Å²) in [4.78, 5) is 2.92. The zero-order valence-electron chi connectivity index (χ0n) is 14.1. The minimum Gasteiger partial charge on any atom is -0.308 e. The summed E-state index contributed by atoms with van der Waals surface area (Å²) < 4.78 is 0. The highest BCUT2D eigenvalue weighted by Gasteiger charge is 2.42. The summed E-state index contributed by atoms with van der Waals surface area (Å²) >= 11 is 0. The minimum absolute atomic E-state index is 0.476. The van der Waals surface area contributed by atoms with Crippen molar-refractivity contribution in [2.45, 2.75) is 103 Å². The van der Waals surface area contributed by atoms with Gasteiger partial charge in [-0.2, -0.15) is 0 Å². The molecule has 0 aromatic heterocycles. The molecule has 0 radical (unpaired) electrons. The molecule has 1 aliphatic carbocycles. The lowest BCUT2D eigenvalue weighted by molar-refractivity contribution is 0.0329. The van der Waals surface area contributed by atoms with E-state index in [-0.39, 0.29) is 0 Å². The van der Waals surface area contributed by atoms with Gasteiger partial charge in [0.05, 0.1) is 0 Å². The van der Waals surface area contributed by atoms with E-state index in [2.05, 4.69) is 31.0 Å². The van der Waals surface area contributed by atoms with Gasteiger partial charge in [0.1, 0.15) is 0 Å². The predicted octanol–water partition coefficient (Wildman–Crippen LogP) is 4.34. The number of hydrogen-bond donors (Lipinski definition) is 1. The smallest absolute Gasteiger partial charge is 0.0309 e. The van der Waals surface area contributed by atoms with Crippen molar-refractivity contribution in [1.29, 1.82) is 0 Å². The zero-order valence-corrected chi connectivity index (χ0v) is 14.1. The third kappa shape index (κ3) is 3.76. The molecule has 0 aromatic carbocycles. The van der Waals surface area contributed by atoms with Gasteiger partial charge in [-0.3, -0.25) is 4.90 Å². The van der Waals surface area contributed by atoms with Crippen molar-refractivity contribution in [3.8, 4) is 0 Å². The van der Waals surface area contributed by atoms with Crippen LogP contribution in [0.4, 0.5) is 0 Å². The van der Waals surface area contributed by atoms with Crippen molar-refractivity contribution >= 4 is 0 Å². The van der Waals surface area contributed by atoms with Crippen LogP contribution in [0.2, 0.25) is 0 Å². The average Bonchev–Trinajstić information content (AvgIpc) is 2.91. The van der Waals surface area contributed by atoms with Crippen LogP contribution >= 0.6 is 0 Å². The topological polar surface area (TPSA) is 15.3 Å². The maximum atomic E-state index is 3.94. The summed E-state index contributed by atoms with van der Waals surface area (Å²) in [5.74, 6) is 0. The zero-order chi connectivity index (χ0) is 14.4. The minimum atomic E-state index is 0.476. The number of unbranched alkanes of at least 4 members (excludes halogenated alkanes) is 1. The first-order chi connectivity index (χ1) is 9.74. The Morgan fingerprint density at radius 1 is 1.10 bits per heavy atom. The van der Waals surface area contributed by atoms with Crippen LogP contribution in [0.5, 0.6) is 0 Å². The number of piperazine rings is 1. The SMILES string of the molecule is CCCCC(CCC)N1CC2(CCCC2)NCC1CC. The van der Waals surface area contributed by atoms with E-state index in [1.165, 1.54) is 77.3 Å². The molecule has 2 fully saturated rings. The lowest BCUT2D eigenvalue weighted by Crippen LogP contribution is -2.65. The quantitative estimate of drug-likeness (QED) is 0.746. The van der Waals surface area contributed by atoms with Gasteiger partial charge in [0.25, 0.3) is 0 Å². The van der Waals surface area contributed by atoms with E-state index in [1.807, 2.05) is 0 Å². The van der Waals surface area contributed by atoms with E-state index in [1.54, 1.807) is 0 Å². The standard InChI is InChI=1S/C18H36N2/c1-4-7-11-17(10-5-2)20-15-18(12-8-9-13-18)19-14-16(20)6-3/h16-17,19H,4-15H2,1-3H3. The van der Waals surface area contributed by atoms with Crippen molar-refractivity contribution in [3.05, 3.63) is 0 Å². The van der Waals surface area contributed by atoms with E-state index in [4.69, 9.17) is 0 Å². The maximum Gasteiger partial charge on any atom is 0.0309 e. The second-order valence-electron chi connectivity index (χ2n) is 7.19. The van der Waals surface area contributed by atoms with Gasteiger partial charge in [-0.15, -0.1) is 0 Å². The molecule has 20 heavy (non-hydrogen) atoms. The molecule has 2 rings (SSSR count). The van der Waals surface area contributed by atoms with Crippen LogP contribution in [-0.2, 0) is 0 Å². The lowest BCUT2D eigenvalue weighted by Gasteiger charge is -2.49. The van der Waals surface area contributed by atoms with E-state index in [0.717, 1.165) is 12.1 Å². The molecule has 2 unspecified atom stereocenters. The van der Waals surface area contributed by atoms with Gasteiger partial charge in [-0.25, -0.2) is 0 Å². The number of nitrogens with one attached hydrogen (secondary N) is 1. The Hall–Kier alpha value is -0.0800. The van der Waals surface area contributed by atoms with E-state index < -0.39 is 0 Å². The number of hydrogen-bond acceptors (Lipinski definition) is 2. The van der Waals surface area contributed by atoms with Gasteiger partial charge in [-0.05, 0) is 32.1 Å². The van der Waals surface area contributed by atoms with E-state index >= 15 is 0 Å². The van der Waals surface area contributed by atoms with Gasteiger partial charge < -0.3 is 5.32 Å². The largest absolute Gasteiger partial charge is 0.308 e. The van der Waals surface area contributed by atoms with Crippen molar-refractivity contribution in [3.63, 3.8) is 0 Å². The van der Waals surface area contributed by atoms with Crippen LogP contribution < -0.4 is 5.32 Å². The molecule has 0 aromatic rings. The van der Waals surface area contributed by atoms with Gasteiger partial charge in [-0.1, -0.05) is 52.9 Å². The molecule has 2 nitrogen and oxygen atoms in total. The molecule has 1 heterocycles. The Balaban J connectivity index is 2.05. The molecule has 118 valence electrons. The van der Waals surface area contributed by atoms with Gasteiger partial charge in [0.15, 0.2) is 0 Å². The molecule has 1 saturated carbocycles. The van der Waals surface area contributed by atoms with Crippen LogP contribution in [-0.4, -0.2) is 35.6 Å². The summed E-state index contributed by atoms with van der Waals surface area (Å²) in [5, 5.41) is 3.94. The molecular weight excluding hydrogens is 244 g/mol. The van der Waals surface area contributed by atoms with Crippen LogP contribution in [0, 0.1) is 0 Å². The Morgan fingerprint density at radius 3 is 2.45 bits per heavy atom. The highest BCUT2D eigenvalue weighted by molar-refractivity contribution is 5.02. The number of rotatable bonds is 7. The molecule has 1 aliphatic heterocycles. The molecule has 2 atom stereocenters. The molecule has 1 spiro atoms. The first-order valence-electron chi connectivity index (χ1n) is 9.25. The van der Waals surface area contributed by atoms with Crippen molar-refractivity contribution in [1.82, 2.24) is 10.2 Å². The third-order valence-corrected chi connectivity index (χ3v) is 5.68.